The van der Waals surface area contributed by atoms with Gasteiger partial charge in [0.2, 0.25) is 5.91 Å². The molecule has 23 heavy (non-hydrogen) atoms. The number of amides is 2. The summed E-state index contributed by atoms with van der Waals surface area (Å²) in [5, 5.41) is 5.77. The van der Waals surface area contributed by atoms with Crippen molar-refractivity contribution < 1.29 is 9.59 Å². The van der Waals surface area contributed by atoms with Gasteiger partial charge in [-0.1, -0.05) is 46.8 Å². The maximum Gasteiger partial charge on any atom is 0.251 e. The van der Waals surface area contributed by atoms with Crippen molar-refractivity contribution in [2.24, 2.45) is 11.8 Å². The van der Waals surface area contributed by atoms with Gasteiger partial charge in [-0.3, -0.25) is 9.59 Å². The van der Waals surface area contributed by atoms with Gasteiger partial charge in [0.15, 0.2) is 0 Å². The highest BCUT2D eigenvalue weighted by molar-refractivity contribution is 5.97. The third-order valence-electron chi connectivity index (χ3n) is 3.88. The molecule has 0 spiro atoms. The van der Waals surface area contributed by atoms with Crippen molar-refractivity contribution in [2.45, 2.75) is 53.5 Å². The molecule has 1 unspecified atom stereocenters. The summed E-state index contributed by atoms with van der Waals surface area (Å²) in [6.07, 6.45) is 1.87. The maximum absolute atomic E-state index is 12.4. The number of hydrogen-bond donors (Lipinski definition) is 2. The van der Waals surface area contributed by atoms with E-state index in [2.05, 4.69) is 31.4 Å². The fraction of sp³-hybridized carbons (Fsp3) is 0.579. The first-order valence-corrected chi connectivity index (χ1v) is 8.52. The van der Waals surface area contributed by atoms with Crippen LogP contribution in [0.2, 0.25) is 0 Å². The van der Waals surface area contributed by atoms with Crippen molar-refractivity contribution >= 4 is 11.8 Å². The molecule has 4 nitrogen and oxygen atoms in total. The Bertz CT molecular complexity index is 507. The fourth-order valence-electron chi connectivity index (χ4n) is 2.25. The van der Waals surface area contributed by atoms with Crippen molar-refractivity contribution in [2.75, 3.05) is 6.54 Å². The molecule has 0 bridgehead atoms. The lowest BCUT2D eigenvalue weighted by Crippen LogP contribution is -2.50. The molecule has 1 aromatic rings. The standard InChI is InChI=1S/C19H30N2O2/c1-6-15-7-9-16(10-8-15)18(22)21-17(14(4)5)19(23)20-12-11-13(2)3/h7-10,13-14,17H,6,11-12H2,1-5H3,(H,20,23)(H,21,22). The van der Waals surface area contributed by atoms with Crippen molar-refractivity contribution in [3.05, 3.63) is 35.4 Å². The molecule has 0 aliphatic rings. The quantitative estimate of drug-likeness (QED) is 0.773. The Balaban J connectivity index is 2.66. The third kappa shape index (κ3) is 6.43. The zero-order valence-electron chi connectivity index (χ0n) is 15.0. The molecule has 0 aromatic heterocycles. The largest absolute Gasteiger partial charge is 0.354 e. The lowest BCUT2D eigenvalue weighted by molar-refractivity contribution is -0.123. The van der Waals surface area contributed by atoms with Gasteiger partial charge in [-0.25, -0.2) is 0 Å². The van der Waals surface area contributed by atoms with E-state index in [4.69, 9.17) is 0 Å². The number of rotatable bonds is 8. The van der Waals surface area contributed by atoms with E-state index in [1.165, 1.54) is 5.56 Å². The van der Waals surface area contributed by atoms with Crippen LogP contribution in [0.3, 0.4) is 0 Å². The number of benzene rings is 1. The van der Waals surface area contributed by atoms with Gasteiger partial charge in [0.1, 0.15) is 6.04 Å². The van der Waals surface area contributed by atoms with E-state index >= 15 is 0 Å². The second kappa shape index (κ2) is 9.33. The van der Waals surface area contributed by atoms with E-state index in [1.807, 2.05) is 38.1 Å². The molecule has 0 saturated carbocycles. The van der Waals surface area contributed by atoms with Crippen LogP contribution in [0.15, 0.2) is 24.3 Å². The Morgan fingerprint density at radius 3 is 2.13 bits per heavy atom. The number of nitrogens with one attached hydrogen (secondary N) is 2. The molecule has 2 amide bonds. The molecule has 128 valence electrons. The predicted molar refractivity (Wildman–Crippen MR) is 94.4 cm³/mol. The molecule has 1 rings (SSSR count). The zero-order valence-corrected chi connectivity index (χ0v) is 15.0. The predicted octanol–water partition coefficient (Wildman–Crippen LogP) is 3.17. The van der Waals surface area contributed by atoms with E-state index in [9.17, 15) is 9.59 Å². The number of hydrogen-bond acceptors (Lipinski definition) is 2. The van der Waals surface area contributed by atoms with Crippen LogP contribution in [-0.2, 0) is 11.2 Å². The third-order valence-corrected chi connectivity index (χ3v) is 3.88. The van der Waals surface area contributed by atoms with Gasteiger partial charge < -0.3 is 10.6 Å². The van der Waals surface area contributed by atoms with E-state index < -0.39 is 6.04 Å². The highest BCUT2D eigenvalue weighted by atomic mass is 16.2. The van der Waals surface area contributed by atoms with Crippen molar-refractivity contribution in [1.82, 2.24) is 10.6 Å². The van der Waals surface area contributed by atoms with Crippen molar-refractivity contribution in [3.8, 4) is 0 Å². The summed E-state index contributed by atoms with van der Waals surface area (Å²) in [7, 11) is 0. The van der Waals surface area contributed by atoms with Gasteiger partial charge in [0, 0.05) is 12.1 Å². The van der Waals surface area contributed by atoms with Crippen LogP contribution in [0.4, 0.5) is 0 Å². The first kappa shape index (κ1) is 19.2. The summed E-state index contributed by atoms with van der Waals surface area (Å²) in [6, 6.07) is 6.99. The number of carbonyl (C=O) groups is 2. The molecule has 2 N–H and O–H groups in total. The van der Waals surface area contributed by atoms with Crippen LogP contribution < -0.4 is 10.6 Å². The summed E-state index contributed by atoms with van der Waals surface area (Å²) in [6.45, 7) is 10.8. The topological polar surface area (TPSA) is 58.2 Å². The Kier molecular flexibility index (Phi) is 7.79. The molecule has 0 heterocycles. The number of carbonyl (C=O) groups excluding carboxylic acids is 2. The summed E-state index contributed by atoms with van der Waals surface area (Å²) in [5.74, 6) is 0.261. The molecule has 0 fully saturated rings. The molecule has 0 radical (unpaired) electrons. The first-order chi connectivity index (χ1) is 10.8. The van der Waals surface area contributed by atoms with Crippen LogP contribution in [0.25, 0.3) is 0 Å². The zero-order chi connectivity index (χ0) is 17.4. The molecule has 1 atom stereocenters. The average molecular weight is 318 g/mol. The van der Waals surface area contributed by atoms with E-state index in [-0.39, 0.29) is 17.7 Å². The van der Waals surface area contributed by atoms with Crippen LogP contribution in [0.5, 0.6) is 0 Å². The summed E-state index contributed by atoms with van der Waals surface area (Å²) < 4.78 is 0. The molecular weight excluding hydrogens is 288 g/mol. The molecule has 4 heteroatoms. The van der Waals surface area contributed by atoms with E-state index in [1.54, 1.807) is 0 Å². The van der Waals surface area contributed by atoms with Crippen LogP contribution >= 0.6 is 0 Å². The van der Waals surface area contributed by atoms with E-state index in [0.29, 0.717) is 18.0 Å². The van der Waals surface area contributed by atoms with Gasteiger partial charge in [0.05, 0.1) is 0 Å². The second-order valence-corrected chi connectivity index (χ2v) is 6.72. The minimum Gasteiger partial charge on any atom is -0.354 e. The normalized spacial score (nSPS) is 12.3. The maximum atomic E-state index is 12.4. The Hall–Kier alpha value is -1.84. The SMILES string of the molecule is CCc1ccc(C(=O)NC(C(=O)NCCC(C)C)C(C)C)cc1. The van der Waals surface area contributed by atoms with Crippen molar-refractivity contribution in [3.63, 3.8) is 0 Å². The smallest absolute Gasteiger partial charge is 0.251 e. The van der Waals surface area contributed by atoms with Crippen LogP contribution in [0, 0.1) is 11.8 Å². The van der Waals surface area contributed by atoms with E-state index in [0.717, 1.165) is 12.8 Å². The highest BCUT2D eigenvalue weighted by Crippen LogP contribution is 2.08. The van der Waals surface area contributed by atoms with Gasteiger partial charge in [-0.15, -0.1) is 0 Å². The Labute approximate surface area is 140 Å². The summed E-state index contributed by atoms with van der Waals surface area (Å²) in [5.41, 5.74) is 1.77. The van der Waals surface area contributed by atoms with Gasteiger partial charge in [-0.05, 0) is 42.4 Å². The molecule has 0 aliphatic carbocycles. The Morgan fingerprint density at radius 1 is 1.04 bits per heavy atom. The monoisotopic (exact) mass is 318 g/mol. The van der Waals surface area contributed by atoms with Gasteiger partial charge >= 0.3 is 0 Å². The van der Waals surface area contributed by atoms with Gasteiger partial charge in [0.25, 0.3) is 5.91 Å². The summed E-state index contributed by atoms with van der Waals surface area (Å²) >= 11 is 0. The van der Waals surface area contributed by atoms with Crippen molar-refractivity contribution in [1.29, 1.82) is 0 Å². The lowest BCUT2D eigenvalue weighted by Gasteiger charge is -2.22. The Morgan fingerprint density at radius 2 is 1.65 bits per heavy atom. The molecule has 0 aliphatic heterocycles. The first-order valence-electron chi connectivity index (χ1n) is 8.52. The number of aryl methyl sites for hydroxylation is 1. The summed E-state index contributed by atoms with van der Waals surface area (Å²) in [4.78, 5) is 24.7. The fourth-order valence-corrected chi connectivity index (χ4v) is 2.25. The second-order valence-electron chi connectivity index (χ2n) is 6.72. The van der Waals surface area contributed by atoms with Gasteiger partial charge in [-0.2, -0.15) is 0 Å². The lowest BCUT2D eigenvalue weighted by atomic mass is 10.0. The molecular formula is C19H30N2O2. The van der Waals surface area contributed by atoms with Crippen LogP contribution in [-0.4, -0.2) is 24.4 Å². The van der Waals surface area contributed by atoms with Crippen LogP contribution in [0.1, 0.15) is 57.0 Å². The highest BCUT2D eigenvalue weighted by Gasteiger charge is 2.24. The minimum absolute atomic E-state index is 0.0351. The molecule has 0 saturated heterocycles. The average Bonchev–Trinajstić information content (AvgIpc) is 2.51. The minimum atomic E-state index is -0.513. The molecule has 1 aromatic carbocycles.